The Balaban J connectivity index is 2.36. The van der Waals surface area contributed by atoms with Gasteiger partial charge in [-0.3, -0.25) is 4.79 Å². The van der Waals surface area contributed by atoms with Crippen molar-refractivity contribution in [3.63, 3.8) is 0 Å². The number of hydrogen-bond donors (Lipinski definition) is 3. The predicted octanol–water partition coefficient (Wildman–Crippen LogP) is 0.946. The minimum absolute atomic E-state index is 0.276. The number of carboxylic acid groups (broad SMARTS) is 1. The highest BCUT2D eigenvalue weighted by Gasteiger charge is 2.05. The zero-order valence-corrected chi connectivity index (χ0v) is 9.64. The maximum atomic E-state index is 11.7. The number of carbonyl (C=O) groups is 2. The highest BCUT2D eigenvalue weighted by atomic mass is 16.4. The molecular formula is C12H13N3O3. The molecule has 0 bridgehead atoms. The molecule has 3 N–H and O–H groups in total. The number of nitrogens with zero attached hydrogens (tertiary/aromatic N) is 1. The summed E-state index contributed by atoms with van der Waals surface area (Å²) in [4.78, 5) is 21.8. The van der Waals surface area contributed by atoms with Gasteiger partial charge in [0.05, 0.1) is 11.6 Å². The average molecular weight is 247 g/mol. The molecule has 94 valence electrons. The Hall–Kier alpha value is -2.55. The van der Waals surface area contributed by atoms with E-state index in [0.29, 0.717) is 24.1 Å². The zero-order valence-electron chi connectivity index (χ0n) is 9.64. The molecule has 0 atom stereocenters. The molecule has 0 aliphatic rings. The Morgan fingerprint density at radius 2 is 2.00 bits per heavy atom. The van der Waals surface area contributed by atoms with E-state index in [2.05, 4.69) is 10.6 Å². The minimum Gasteiger partial charge on any atom is -0.465 e. The van der Waals surface area contributed by atoms with Crippen molar-refractivity contribution in [3.8, 4) is 6.07 Å². The van der Waals surface area contributed by atoms with Crippen molar-refractivity contribution in [1.29, 1.82) is 5.26 Å². The summed E-state index contributed by atoms with van der Waals surface area (Å²) in [5.74, 6) is -0.276. The molecule has 2 amide bonds. The molecule has 0 heterocycles. The highest BCUT2D eigenvalue weighted by molar-refractivity contribution is 5.94. The second-order valence-electron chi connectivity index (χ2n) is 3.53. The van der Waals surface area contributed by atoms with E-state index in [9.17, 15) is 9.59 Å². The lowest BCUT2D eigenvalue weighted by molar-refractivity contribution is 0.0953. The normalized spacial score (nSPS) is 9.28. The largest absolute Gasteiger partial charge is 0.465 e. The third-order valence-electron chi connectivity index (χ3n) is 2.17. The van der Waals surface area contributed by atoms with Crippen LogP contribution in [0.5, 0.6) is 0 Å². The second-order valence-corrected chi connectivity index (χ2v) is 3.53. The van der Waals surface area contributed by atoms with E-state index in [1.54, 1.807) is 18.2 Å². The van der Waals surface area contributed by atoms with Gasteiger partial charge in [-0.25, -0.2) is 4.79 Å². The summed E-state index contributed by atoms with van der Waals surface area (Å²) in [5, 5.41) is 21.9. The summed E-state index contributed by atoms with van der Waals surface area (Å²) >= 11 is 0. The Kier molecular flexibility index (Phi) is 5.19. The Labute approximate surface area is 104 Å². The van der Waals surface area contributed by atoms with E-state index in [4.69, 9.17) is 10.4 Å². The first kappa shape index (κ1) is 13.5. The van der Waals surface area contributed by atoms with E-state index in [-0.39, 0.29) is 12.5 Å². The van der Waals surface area contributed by atoms with E-state index >= 15 is 0 Å². The number of amides is 2. The Morgan fingerprint density at radius 3 is 2.67 bits per heavy atom. The van der Waals surface area contributed by atoms with Crippen molar-refractivity contribution in [2.45, 2.75) is 6.42 Å². The van der Waals surface area contributed by atoms with E-state index in [1.807, 2.05) is 6.07 Å². The molecule has 0 aromatic heterocycles. The fraction of sp³-hybridized carbons (Fsp3) is 0.250. The van der Waals surface area contributed by atoms with Crippen LogP contribution >= 0.6 is 0 Å². The van der Waals surface area contributed by atoms with Gasteiger partial charge < -0.3 is 15.7 Å². The molecule has 6 nitrogen and oxygen atoms in total. The van der Waals surface area contributed by atoms with Crippen molar-refractivity contribution in [1.82, 2.24) is 10.6 Å². The lowest BCUT2D eigenvalue weighted by Crippen LogP contribution is -2.29. The molecule has 0 saturated heterocycles. The third kappa shape index (κ3) is 4.53. The molecule has 6 heteroatoms. The van der Waals surface area contributed by atoms with Crippen LogP contribution in [0.15, 0.2) is 24.3 Å². The molecule has 0 saturated carbocycles. The molecule has 0 aliphatic carbocycles. The highest BCUT2D eigenvalue weighted by Crippen LogP contribution is 2.03. The molecule has 0 spiro atoms. The van der Waals surface area contributed by atoms with Crippen molar-refractivity contribution in [2.24, 2.45) is 0 Å². The van der Waals surface area contributed by atoms with Gasteiger partial charge in [-0.2, -0.15) is 5.26 Å². The number of rotatable bonds is 5. The first-order chi connectivity index (χ1) is 8.63. The van der Waals surface area contributed by atoms with Crippen LogP contribution in [-0.2, 0) is 0 Å². The zero-order chi connectivity index (χ0) is 13.4. The third-order valence-corrected chi connectivity index (χ3v) is 2.17. The molecular weight excluding hydrogens is 234 g/mol. The van der Waals surface area contributed by atoms with Gasteiger partial charge in [0.15, 0.2) is 0 Å². The monoisotopic (exact) mass is 247 g/mol. The molecule has 0 aliphatic heterocycles. The molecule has 0 fully saturated rings. The van der Waals surface area contributed by atoms with Gasteiger partial charge in [0.2, 0.25) is 0 Å². The Bertz CT molecular complexity index is 480. The SMILES string of the molecule is N#Cc1cccc(C(=O)NCCCNC(=O)O)c1. The van der Waals surface area contributed by atoms with Crippen LogP contribution in [0.4, 0.5) is 4.79 Å². The van der Waals surface area contributed by atoms with Crippen LogP contribution < -0.4 is 10.6 Å². The lowest BCUT2D eigenvalue weighted by Gasteiger charge is -2.05. The minimum atomic E-state index is -1.08. The van der Waals surface area contributed by atoms with Gasteiger partial charge in [0, 0.05) is 18.7 Å². The Morgan fingerprint density at radius 1 is 1.28 bits per heavy atom. The topological polar surface area (TPSA) is 102 Å². The van der Waals surface area contributed by atoms with Crippen LogP contribution in [0.2, 0.25) is 0 Å². The van der Waals surface area contributed by atoms with E-state index in [1.165, 1.54) is 6.07 Å². The first-order valence-electron chi connectivity index (χ1n) is 5.38. The first-order valence-corrected chi connectivity index (χ1v) is 5.38. The van der Waals surface area contributed by atoms with Crippen molar-refractivity contribution >= 4 is 12.0 Å². The number of hydrogen-bond acceptors (Lipinski definition) is 3. The number of carbonyl (C=O) groups excluding carboxylic acids is 1. The fourth-order valence-corrected chi connectivity index (χ4v) is 1.32. The molecule has 1 rings (SSSR count). The van der Waals surface area contributed by atoms with Gasteiger partial charge in [-0.05, 0) is 24.6 Å². The van der Waals surface area contributed by atoms with Crippen LogP contribution in [-0.4, -0.2) is 30.2 Å². The molecule has 1 aromatic carbocycles. The lowest BCUT2D eigenvalue weighted by atomic mass is 10.1. The smallest absolute Gasteiger partial charge is 0.404 e. The summed E-state index contributed by atoms with van der Waals surface area (Å²) in [6, 6.07) is 8.33. The van der Waals surface area contributed by atoms with Crippen LogP contribution in [0, 0.1) is 11.3 Å². The van der Waals surface area contributed by atoms with Gasteiger partial charge in [-0.1, -0.05) is 6.07 Å². The summed E-state index contributed by atoms with van der Waals surface area (Å²) < 4.78 is 0. The predicted molar refractivity (Wildman–Crippen MR) is 64.1 cm³/mol. The number of nitriles is 1. The maximum Gasteiger partial charge on any atom is 0.404 e. The number of nitrogens with one attached hydrogen (secondary N) is 2. The quantitative estimate of drug-likeness (QED) is 0.674. The summed E-state index contributed by atoms with van der Waals surface area (Å²) in [5.41, 5.74) is 0.843. The number of benzene rings is 1. The van der Waals surface area contributed by atoms with Gasteiger partial charge in [-0.15, -0.1) is 0 Å². The summed E-state index contributed by atoms with van der Waals surface area (Å²) in [6.45, 7) is 0.656. The van der Waals surface area contributed by atoms with Crippen LogP contribution in [0.3, 0.4) is 0 Å². The van der Waals surface area contributed by atoms with E-state index < -0.39 is 6.09 Å². The van der Waals surface area contributed by atoms with Gasteiger partial charge in [0.25, 0.3) is 5.91 Å². The van der Waals surface area contributed by atoms with Crippen molar-refractivity contribution in [2.75, 3.05) is 13.1 Å². The maximum absolute atomic E-state index is 11.7. The fourth-order valence-electron chi connectivity index (χ4n) is 1.32. The van der Waals surface area contributed by atoms with Crippen LogP contribution in [0.25, 0.3) is 0 Å². The van der Waals surface area contributed by atoms with Gasteiger partial charge >= 0.3 is 6.09 Å². The molecule has 18 heavy (non-hydrogen) atoms. The van der Waals surface area contributed by atoms with Crippen molar-refractivity contribution < 1.29 is 14.7 Å². The standard InChI is InChI=1S/C12H13N3O3/c13-8-9-3-1-4-10(7-9)11(16)14-5-2-6-15-12(17)18/h1,3-4,7,15H,2,5-6H2,(H,14,16)(H,17,18). The molecule has 0 radical (unpaired) electrons. The van der Waals surface area contributed by atoms with Crippen molar-refractivity contribution in [3.05, 3.63) is 35.4 Å². The molecule has 0 unspecified atom stereocenters. The van der Waals surface area contributed by atoms with Gasteiger partial charge in [0.1, 0.15) is 0 Å². The van der Waals surface area contributed by atoms with E-state index in [0.717, 1.165) is 0 Å². The average Bonchev–Trinajstić information content (AvgIpc) is 2.37. The van der Waals surface area contributed by atoms with Crippen LogP contribution in [0.1, 0.15) is 22.3 Å². The molecule has 1 aromatic rings. The summed E-state index contributed by atoms with van der Waals surface area (Å²) in [6.07, 6.45) is -0.571. The summed E-state index contributed by atoms with van der Waals surface area (Å²) in [7, 11) is 0. The second kappa shape index (κ2) is 6.91.